The SMILES string of the molecule is Cc1nc2nnnc(C)c2[nH]1. The molecule has 0 bridgehead atoms. The van der Waals surface area contributed by atoms with E-state index < -0.39 is 0 Å². The van der Waals surface area contributed by atoms with Crippen LogP contribution in [0.1, 0.15) is 11.5 Å². The molecule has 0 aromatic carbocycles. The van der Waals surface area contributed by atoms with Gasteiger partial charge in [0.1, 0.15) is 11.3 Å². The minimum atomic E-state index is 0.634. The van der Waals surface area contributed by atoms with Gasteiger partial charge in [-0.1, -0.05) is 0 Å². The predicted octanol–water partition coefficient (Wildman–Crippen LogP) is 0.365. The second-order valence-corrected chi connectivity index (χ2v) is 2.40. The van der Waals surface area contributed by atoms with Crippen LogP contribution in [0.15, 0.2) is 0 Å². The normalized spacial score (nSPS) is 10.7. The first-order chi connectivity index (χ1) is 5.27. The molecule has 0 saturated heterocycles. The molecule has 0 aliphatic rings. The number of nitrogens with zero attached hydrogens (tertiary/aromatic N) is 4. The highest BCUT2D eigenvalue weighted by Crippen LogP contribution is 2.08. The van der Waals surface area contributed by atoms with Crippen molar-refractivity contribution in [3.05, 3.63) is 11.5 Å². The number of rotatable bonds is 0. The molecule has 0 saturated carbocycles. The van der Waals surface area contributed by atoms with Gasteiger partial charge >= 0.3 is 0 Å². The van der Waals surface area contributed by atoms with Gasteiger partial charge in [0.2, 0.25) is 5.65 Å². The van der Waals surface area contributed by atoms with Gasteiger partial charge in [0, 0.05) is 0 Å². The highest BCUT2D eigenvalue weighted by atomic mass is 15.3. The van der Waals surface area contributed by atoms with E-state index in [0.717, 1.165) is 17.0 Å². The summed E-state index contributed by atoms with van der Waals surface area (Å²) < 4.78 is 0. The van der Waals surface area contributed by atoms with Gasteiger partial charge in [-0.15, -0.1) is 10.2 Å². The number of aromatic amines is 1. The van der Waals surface area contributed by atoms with Crippen molar-refractivity contribution in [1.29, 1.82) is 0 Å². The molecule has 0 fully saturated rings. The van der Waals surface area contributed by atoms with E-state index in [-0.39, 0.29) is 0 Å². The van der Waals surface area contributed by atoms with Crippen LogP contribution in [0.3, 0.4) is 0 Å². The van der Waals surface area contributed by atoms with Crippen LogP contribution in [0, 0.1) is 13.8 Å². The number of nitrogens with one attached hydrogen (secondary N) is 1. The molecule has 0 amide bonds. The van der Waals surface area contributed by atoms with Gasteiger partial charge in [0.05, 0.1) is 5.69 Å². The molecular weight excluding hydrogens is 142 g/mol. The molecule has 56 valence electrons. The Bertz CT molecular complexity index is 391. The molecule has 0 radical (unpaired) electrons. The summed E-state index contributed by atoms with van der Waals surface area (Å²) in [7, 11) is 0. The van der Waals surface area contributed by atoms with Crippen molar-refractivity contribution in [2.75, 3.05) is 0 Å². The standard InChI is InChI=1S/C6H7N5/c1-3-5-6(10-11-9-3)8-4(2)7-5/h1-2H3,(H,7,8,9,10). The Balaban J connectivity index is 2.90. The lowest BCUT2D eigenvalue weighted by Crippen LogP contribution is -1.91. The monoisotopic (exact) mass is 149 g/mol. The quantitative estimate of drug-likeness (QED) is 0.587. The first-order valence-electron chi connectivity index (χ1n) is 3.29. The minimum absolute atomic E-state index is 0.634. The first-order valence-corrected chi connectivity index (χ1v) is 3.29. The molecule has 0 aliphatic carbocycles. The maximum absolute atomic E-state index is 4.10. The van der Waals surface area contributed by atoms with Gasteiger partial charge in [-0.3, -0.25) is 0 Å². The van der Waals surface area contributed by atoms with Crippen molar-refractivity contribution in [2.45, 2.75) is 13.8 Å². The van der Waals surface area contributed by atoms with E-state index >= 15 is 0 Å². The minimum Gasteiger partial charge on any atom is -0.339 e. The molecular formula is C6H7N5. The molecule has 2 rings (SSSR count). The van der Waals surface area contributed by atoms with E-state index in [1.54, 1.807) is 0 Å². The molecule has 2 aromatic rings. The van der Waals surface area contributed by atoms with Gasteiger partial charge in [-0.05, 0) is 19.1 Å². The first kappa shape index (κ1) is 6.21. The fraction of sp³-hybridized carbons (Fsp3) is 0.333. The van der Waals surface area contributed by atoms with E-state index in [1.165, 1.54) is 0 Å². The van der Waals surface area contributed by atoms with Crippen molar-refractivity contribution in [2.24, 2.45) is 0 Å². The zero-order valence-electron chi connectivity index (χ0n) is 6.29. The summed E-state index contributed by atoms with van der Waals surface area (Å²) in [6.45, 7) is 3.75. The zero-order valence-corrected chi connectivity index (χ0v) is 6.29. The van der Waals surface area contributed by atoms with Crippen molar-refractivity contribution < 1.29 is 0 Å². The predicted molar refractivity (Wildman–Crippen MR) is 39.0 cm³/mol. The lowest BCUT2D eigenvalue weighted by atomic mass is 10.4. The fourth-order valence-electron chi connectivity index (χ4n) is 0.986. The van der Waals surface area contributed by atoms with Gasteiger partial charge in [-0.25, -0.2) is 4.98 Å². The van der Waals surface area contributed by atoms with Gasteiger partial charge in [0.15, 0.2) is 0 Å². The van der Waals surface area contributed by atoms with E-state index in [2.05, 4.69) is 25.4 Å². The average Bonchev–Trinajstić information content (AvgIpc) is 2.31. The molecule has 2 aromatic heterocycles. The molecule has 0 atom stereocenters. The molecule has 5 heteroatoms. The van der Waals surface area contributed by atoms with E-state index in [9.17, 15) is 0 Å². The topological polar surface area (TPSA) is 67.3 Å². The number of hydrogen-bond donors (Lipinski definition) is 1. The Labute approximate surface area is 62.9 Å². The highest BCUT2D eigenvalue weighted by Gasteiger charge is 2.03. The Kier molecular flexibility index (Phi) is 1.12. The average molecular weight is 149 g/mol. The molecule has 0 unspecified atom stereocenters. The van der Waals surface area contributed by atoms with Crippen LogP contribution in [0.4, 0.5) is 0 Å². The summed E-state index contributed by atoms with van der Waals surface area (Å²) in [5.41, 5.74) is 2.34. The van der Waals surface area contributed by atoms with Crippen molar-refractivity contribution in [1.82, 2.24) is 25.4 Å². The molecule has 0 aliphatic heterocycles. The second-order valence-electron chi connectivity index (χ2n) is 2.40. The molecule has 2 heterocycles. The van der Waals surface area contributed by atoms with Crippen LogP contribution < -0.4 is 0 Å². The Morgan fingerprint density at radius 3 is 2.73 bits per heavy atom. The zero-order chi connectivity index (χ0) is 7.84. The largest absolute Gasteiger partial charge is 0.339 e. The van der Waals surface area contributed by atoms with Crippen LogP contribution in [0.2, 0.25) is 0 Å². The van der Waals surface area contributed by atoms with Crippen molar-refractivity contribution in [3.63, 3.8) is 0 Å². The fourth-order valence-corrected chi connectivity index (χ4v) is 0.986. The maximum Gasteiger partial charge on any atom is 0.203 e. The van der Waals surface area contributed by atoms with E-state index in [4.69, 9.17) is 0 Å². The number of H-pyrrole nitrogens is 1. The Morgan fingerprint density at radius 1 is 1.18 bits per heavy atom. The lowest BCUT2D eigenvalue weighted by Gasteiger charge is -1.87. The molecule has 0 spiro atoms. The summed E-state index contributed by atoms with van der Waals surface area (Å²) in [5.74, 6) is 0.838. The van der Waals surface area contributed by atoms with Gasteiger partial charge < -0.3 is 4.98 Å². The molecule has 5 nitrogen and oxygen atoms in total. The van der Waals surface area contributed by atoms with Crippen molar-refractivity contribution in [3.8, 4) is 0 Å². The number of imidazole rings is 1. The summed E-state index contributed by atoms with van der Waals surface area (Å²) in [6.07, 6.45) is 0. The third kappa shape index (κ3) is 0.849. The number of aromatic nitrogens is 5. The second kappa shape index (κ2) is 1.98. The number of aryl methyl sites for hydroxylation is 2. The van der Waals surface area contributed by atoms with Crippen LogP contribution in [-0.2, 0) is 0 Å². The summed E-state index contributed by atoms with van der Waals surface area (Å²) in [5, 5.41) is 11.1. The maximum atomic E-state index is 4.10. The summed E-state index contributed by atoms with van der Waals surface area (Å²) in [6, 6.07) is 0. The van der Waals surface area contributed by atoms with E-state index in [1.807, 2.05) is 13.8 Å². The lowest BCUT2D eigenvalue weighted by molar-refractivity contribution is 0.863. The molecule has 11 heavy (non-hydrogen) atoms. The smallest absolute Gasteiger partial charge is 0.203 e. The number of fused-ring (bicyclic) bond motifs is 1. The third-order valence-electron chi connectivity index (χ3n) is 1.50. The van der Waals surface area contributed by atoms with Crippen LogP contribution in [0.25, 0.3) is 11.2 Å². The Morgan fingerprint density at radius 2 is 2.00 bits per heavy atom. The Hall–Kier alpha value is -1.52. The van der Waals surface area contributed by atoms with Crippen LogP contribution in [-0.4, -0.2) is 25.4 Å². The van der Waals surface area contributed by atoms with Gasteiger partial charge in [0.25, 0.3) is 0 Å². The van der Waals surface area contributed by atoms with Gasteiger partial charge in [-0.2, -0.15) is 0 Å². The molecule has 1 N–H and O–H groups in total. The van der Waals surface area contributed by atoms with Crippen molar-refractivity contribution >= 4 is 11.2 Å². The summed E-state index contributed by atoms with van der Waals surface area (Å²) >= 11 is 0. The van der Waals surface area contributed by atoms with Crippen LogP contribution in [0.5, 0.6) is 0 Å². The third-order valence-corrected chi connectivity index (χ3v) is 1.50. The van der Waals surface area contributed by atoms with Crippen LogP contribution >= 0.6 is 0 Å². The summed E-state index contributed by atoms with van der Waals surface area (Å²) in [4.78, 5) is 7.16. The number of hydrogen-bond acceptors (Lipinski definition) is 4. The van der Waals surface area contributed by atoms with E-state index in [0.29, 0.717) is 5.65 Å². The highest BCUT2D eigenvalue weighted by molar-refractivity contribution is 5.71.